The molecule has 0 bridgehead atoms. The number of carbonyl (C=O) groups is 6. The summed E-state index contributed by atoms with van der Waals surface area (Å²) in [4.78, 5) is 91.4. The zero-order chi connectivity index (χ0) is 57.9. The lowest BCUT2D eigenvalue weighted by atomic mass is 10.1. The molecule has 426 valence electrons. The molecule has 0 spiro atoms. The van der Waals surface area contributed by atoms with E-state index < -0.39 is 35.8 Å². The molecule has 0 aliphatic carbocycles. The third-order valence-corrected chi connectivity index (χ3v) is 12.7. The fourth-order valence-electron chi connectivity index (χ4n) is 9.12. The van der Waals surface area contributed by atoms with Crippen molar-refractivity contribution in [3.8, 4) is 23.0 Å². The molecule has 0 radical (unpaired) electrons. The summed E-state index contributed by atoms with van der Waals surface area (Å²) in [5.41, 5.74) is 17.2. The van der Waals surface area contributed by atoms with Gasteiger partial charge in [0.15, 0.2) is 5.82 Å². The third-order valence-electron chi connectivity index (χ3n) is 12.7. The molecule has 81 heavy (non-hydrogen) atoms. The van der Waals surface area contributed by atoms with Crippen molar-refractivity contribution in [1.82, 2.24) is 58.7 Å². The van der Waals surface area contributed by atoms with E-state index in [1.54, 1.807) is 69.8 Å². The Labute approximate surface area is 464 Å². The summed E-state index contributed by atoms with van der Waals surface area (Å²) in [5.74, 6) is -1.85. The Balaban J connectivity index is 1.13. The van der Waals surface area contributed by atoms with Gasteiger partial charge in [-0.15, -0.1) is 0 Å². The normalized spacial score (nSPS) is 11.4. The predicted octanol–water partition coefficient (Wildman–Crippen LogP) is 5.96. The van der Waals surface area contributed by atoms with Crippen LogP contribution in [-0.4, -0.2) is 129 Å². The molecule has 6 heterocycles. The largest absolute Gasteiger partial charge is 0.491 e. The predicted molar refractivity (Wildman–Crippen MR) is 297 cm³/mol. The number of carbonyl (C=O) groups excluding carboxylic acids is 6. The van der Waals surface area contributed by atoms with Crippen LogP contribution in [0.5, 0.6) is 11.5 Å². The first-order valence-electron chi connectivity index (χ1n) is 26.6. The van der Waals surface area contributed by atoms with Crippen LogP contribution in [0.4, 0.5) is 10.7 Å². The number of benzene rings is 2. The van der Waals surface area contributed by atoms with Crippen LogP contribution in [0.2, 0.25) is 0 Å². The highest BCUT2D eigenvalue weighted by atomic mass is 16.6. The average molecular weight is 1110 g/mol. The molecule has 0 saturated carbocycles. The smallest absolute Gasteiger partial charge is 0.407 e. The van der Waals surface area contributed by atoms with Gasteiger partial charge in [-0.25, -0.2) is 24.5 Å². The number of nitrogens with one attached hydrogen (secondary N) is 2. The highest BCUT2D eigenvalue weighted by molar-refractivity contribution is 6.12. The maximum Gasteiger partial charge on any atom is 0.407 e. The fourth-order valence-corrected chi connectivity index (χ4v) is 9.12. The first-order valence-corrected chi connectivity index (χ1v) is 26.6. The number of nitrogens with two attached hydrogens (primary N) is 2. The van der Waals surface area contributed by atoms with Crippen LogP contribution in [0.3, 0.4) is 0 Å². The van der Waals surface area contributed by atoms with Crippen molar-refractivity contribution in [3.05, 3.63) is 100 Å². The van der Waals surface area contributed by atoms with Gasteiger partial charge >= 0.3 is 18.0 Å². The standard InChI is InChI=1S/C55H65N15O11/c1-8-68-40(24-32(5)63-68)50-59-31-38-37-27-35(48(56)72)29-43(78-21-15-23-81-55(76)58-17-16-45(71)77-11-4)46(37)66(51(38)61-50)18-12-13-19-67-47-39(60-54(67)62-52(74)41-25-33(6)64-69(41)9-2)28-36(49(57)73)30-44(47)79-20-14-22-80-53(75)42-26-34(7)65-70(42)10-3/h12-13,24-31H,8-11,14-23H2,1-7H3,(H2,56,72)(H2,57,73)(H,58,76)(H,60,62,74). The highest BCUT2D eigenvalue weighted by Crippen LogP contribution is 2.37. The molecular formula is C55H65N15O11. The van der Waals surface area contributed by atoms with Gasteiger partial charge in [-0.1, -0.05) is 12.2 Å². The van der Waals surface area contributed by atoms with E-state index in [1.165, 1.54) is 12.1 Å². The molecule has 4 amide bonds. The Morgan fingerprint density at radius 2 is 1.22 bits per heavy atom. The number of ether oxygens (including phenoxy) is 5. The van der Waals surface area contributed by atoms with Crippen LogP contribution in [0, 0.1) is 20.8 Å². The van der Waals surface area contributed by atoms with Gasteiger partial charge in [-0.3, -0.25) is 38.5 Å². The number of alkyl carbamates (subject to hydrolysis) is 1. The second-order valence-corrected chi connectivity index (χ2v) is 18.6. The molecule has 0 fully saturated rings. The zero-order valence-electron chi connectivity index (χ0n) is 46.2. The van der Waals surface area contributed by atoms with Crippen molar-refractivity contribution in [2.45, 2.75) is 100 Å². The molecule has 6 aromatic heterocycles. The van der Waals surface area contributed by atoms with Crippen LogP contribution in [0.15, 0.2) is 60.8 Å². The van der Waals surface area contributed by atoms with Crippen LogP contribution in [0.1, 0.15) is 106 Å². The van der Waals surface area contributed by atoms with Crippen LogP contribution in [-0.2, 0) is 51.7 Å². The van der Waals surface area contributed by atoms with E-state index in [0.29, 0.717) is 92.6 Å². The number of aromatic nitrogens is 11. The molecule has 0 aliphatic rings. The Bertz CT molecular complexity index is 3700. The number of hydrogen-bond donors (Lipinski definition) is 4. The Hall–Kier alpha value is -9.62. The van der Waals surface area contributed by atoms with Gasteiger partial charge in [-0.05, 0) is 90.9 Å². The van der Waals surface area contributed by atoms with Crippen molar-refractivity contribution in [2.75, 3.05) is 44.9 Å². The minimum absolute atomic E-state index is 0.00631. The summed E-state index contributed by atoms with van der Waals surface area (Å²) in [5, 5.41) is 20.0. The van der Waals surface area contributed by atoms with E-state index in [0.717, 1.165) is 5.69 Å². The molecule has 2 aromatic carbocycles. The summed E-state index contributed by atoms with van der Waals surface area (Å²) in [6, 6.07) is 11.4. The Kier molecular flexibility index (Phi) is 18.4. The number of primary amides is 2. The number of nitrogens with zero attached hydrogens (tertiary/aromatic N) is 11. The SMILES string of the molecule is CCOC(=O)CCNC(=O)OCCCOc1cc(C(N)=O)cc2c3cnc(-c4cc(C)nn4CC)nc3n(CC=CCn3c(NC(=O)c4cc(C)nn4CC)nc4cc(C(N)=O)cc(OCCCOC(=O)c5cc(C)nn5CC)c43)c12. The van der Waals surface area contributed by atoms with Gasteiger partial charge < -0.3 is 49.6 Å². The summed E-state index contributed by atoms with van der Waals surface area (Å²) < 4.78 is 37.1. The van der Waals surface area contributed by atoms with E-state index in [-0.39, 0.29) is 94.8 Å². The van der Waals surface area contributed by atoms with Crippen molar-refractivity contribution in [1.29, 1.82) is 0 Å². The number of esters is 2. The number of hydrogen-bond acceptors (Lipinski definition) is 17. The lowest BCUT2D eigenvalue weighted by molar-refractivity contribution is -0.142. The number of imidazole rings is 1. The summed E-state index contributed by atoms with van der Waals surface area (Å²) in [6.07, 6.45) is 5.22. The van der Waals surface area contributed by atoms with Crippen molar-refractivity contribution >= 4 is 74.7 Å². The second kappa shape index (κ2) is 25.9. The molecule has 26 nitrogen and oxygen atoms in total. The fraction of sp³-hybridized carbons (Fsp3) is 0.382. The number of fused-ring (bicyclic) bond motifs is 4. The maximum atomic E-state index is 14.1. The lowest BCUT2D eigenvalue weighted by Crippen LogP contribution is -2.27. The summed E-state index contributed by atoms with van der Waals surface area (Å²) in [7, 11) is 0. The number of rotatable bonds is 27. The minimum atomic E-state index is -0.736. The van der Waals surface area contributed by atoms with Gasteiger partial charge in [0.25, 0.3) is 5.91 Å². The van der Waals surface area contributed by atoms with E-state index in [2.05, 4.69) is 25.9 Å². The lowest BCUT2D eigenvalue weighted by Gasteiger charge is -2.14. The van der Waals surface area contributed by atoms with E-state index in [4.69, 9.17) is 50.1 Å². The van der Waals surface area contributed by atoms with Crippen LogP contribution in [0.25, 0.3) is 44.5 Å². The van der Waals surface area contributed by atoms with Crippen LogP contribution >= 0.6 is 0 Å². The number of amides is 4. The van der Waals surface area contributed by atoms with Gasteiger partial charge in [0.2, 0.25) is 17.8 Å². The number of anilines is 1. The van der Waals surface area contributed by atoms with E-state index >= 15 is 0 Å². The van der Waals surface area contributed by atoms with Crippen molar-refractivity contribution < 1.29 is 52.5 Å². The Morgan fingerprint density at radius 1 is 0.630 bits per heavy atom. The van der Waals surface area contributed by atoms with Crippen molar-refractivity contribution in [2.24, 2.45) is 11.5 Å². The quantitative estimate of drug-likeness (QED) is 0.0200. The first-order chi connectivity index (χ1) is 39.0. The van der Waals surface area contributed by atoms with Crippen LogP contribution < -0.4 is 31.6 Å². The van der Waals surface area contributed by atoms with E-state index in [1.807, 2.05) is 50.5 Å². The second-order valence-electron chi connectivity index (χ2n) is 18.6. The van der Waals surface area contributed by atoms with Gasteiger partial charge in [0, 0.05) is 80.2 Å². The molecule has 0 aliphatic heterocycles. The average Bonchev–Trinajstić information content (AvgIpc) is 4.31. The monoisotopic (exact) mass is 1110 g/mol. The van der Waals surface area contributed by atoms with Gasteiger partial charge in [0.05, 0.1) is 67.6 Å². The molecule has 0 atom stereocenters. The third kappa shape index (κ3) is 13.3. The molecule has 0 unspecified atom stereocenters. The molecule has 0 saturated heterocycles. The van der Waals surface area contributed by atoms with Crippen molar-refractivity contribution in [3.63, 3.8) is 0 Å². The molecule has 26 heteroatoms. The molecule has 8 aromatic rings. The summed E-state index contributed by atoms with van der Waals surface area (Å²) >= 11 is 0. The maximum absolute atomic E-state index is 14.1. The van der Waals surface area contributed by atoms with Gasteiger partial charge in [0.1, 0.15) is 39.7 Å². The molecule has 6 N–H and O–H groups in total. The minimum Gasteiger partial charge on any atom is -0.491 e. The number of allylic oxidation sites excluding steroid dienone is 2. The molecular weight excluding hydrogens is 1050 g/mol. The highest BCUT2D eigenvalue weighted by Gasteiger charge is 2.24. The number of aryl methyl sites for hydroxylation is 6. The molecule has 8 rings (SSSR count). The summed E-state index contributed by atoms with van der Waals surface area (Å²) in [6.45, 7) is 15.0. The van der Waals surface area contributed by atoms with E-state index in [9.17, 15) is 28.8 Å². The zero-order valence-corrected chi connectivity index (χ0v) is 46.2. The Morgan fingerprint density at radius 3 is 1.88 bits per heavy atom. The van der Waals surface area contributed by atoms with Gasteiger partial charge in [-0.2, -0.15) is 15.3 Å². The topological polar surface area (TPSA) is 327 Å². The first kappa shape index (κ1) is 57.6.